The maximum Gasteiger partial charge on any atom is 0.339 e. The summed E-state index contributed by atoms with van der Waals surface area (Å²) >= 11 is 0. The number of benzene rings is 1. The lowest BCUT2D eigenvalue weighted by atomic mass is 10.2. The van der Waals surface area contributed by atoms with E-state index >= 15 is 0 Å². The fourth-order valence-electron chi connectivity index (χ4n) is 1.74. The molecule has 0 spiro atoms. The summed E-state index contributed by atoms with van der Waals surface area (Å²) in [5, 5.41) is 19.7. The average molecular weight is 277 g/mol. The standard InChI is InChI=1S/C13H11NO6/c1-8-10(14(17)18)3-2-4-11(8)20-7-12-9(13(15)16)5-6-19-12/h2-6H,7H2,1H3,(H,15,16). The zero-order valence-electron chi connectivity index (χ0n) is 10.5. The van der Waals surface area contributed by atoms with Gasteiger partial charge in [-0.25, -0.2) is 4.79 Å². The van der Waals surface area contributed by atoms with Crippen LogP contribution in [0.15, 0.2) is 34.9 Å². The number of ether oxygens (including phenoxy) is 1. The Hall–Kier alpha value is -2.83. The molecule has 104 valence electrons. The first-order chi connectivity index (χ1) is 9.50. The Morgan fingerprint density at radius 1 is 1.45 bits per heavy atom. The van der Waals surface area contributed by atoms with E-state index in [9.17, 15) is 14.9 Å². The highest BCUT2D eigenvalue weighted by Gasteiger charge is 2.17. The molecule has 0 amide bonds. The normalized spacial score (nSPS) is 10.2. The molecule has 1 N–H and O–H groups in total. The van der Waals surface area contributed by atoms with Crippen molar-refractivity contribution in [3.8, 4) is 5.75 Å². The molecule has 1 aromatic carbocycles. The summed E-state index contributed by atoms with van der Waals surface area (Å²) in [7, 11) is 0. The van der Waals surface area contributed by atoms with Crippen LogP contribution in [0.1, 0.15) is 21.7 Å². The van der Waals surface area contributed by atoms with Gasteiger partial charge >= 0.3 is 5.97 Å². The van der Waals surface area contributed by atoms with Crippen LogP contribution in [0.2, 0.25) is 0 Å². The SMILES string of the molecule is Cc1c(OCc2occc2C(=O)O)cccc1[N+](=O)[O-]. The number of nitro groups is 1. The van der Waals surface area contributed by atoms with Gasteiger partial charge in [-0.3, -0.25) is 10.1 Å². The minimum atomic E-state index is -1.12. The van der Waals surface area contributed by atoms with Crippen LogP contribution in [0.4, 0.5) is 5.69 Å². The van der Waals surface area contributed by atoms with E-state index in [1.165, 1.54) is 24.5 Å². The molecule has 0 saturated heterocycles. The quantitative estimate of drug-likeness (QED) is 0.665. The van der Waals surface area contributed by atoms with E-state index < -0.39 is 10.9 Å². The third kappa shape index (κ3) is 2.61. The van der Waals surface area contributed by atoms with Gasteiger partial charge in [-0.15, -0.1) is 0 Å². The molecule has 2 aromatic rings. The molecule has 0 radical (unpaired) electrons. The summed E-state index contributed by atoms with van der Waals surface area (Å²) in [5.74, 6) is -0.650. The van der Waals surface area contributed by atoms with Crippen LogP contribution >= 0.6 is 0 Å². The van der Waals surface area contributed by atoms with E-state index in [2.05, 4.69) is 0 Å². The second-order valence-corrected chi connectivity index (χ2v) is 4.01. The maximum absolute atomic E-state index is 10.9. The van der Waals surface area contributed by atoms with Crippen molar-refractivity contribution in [3.05, 3.63) is 57.5 Å². The number of hydrogen-bond acceptors (Lipinski definition) is 5. The number of carboxylic acid groups (broad SMARTS) is 1. The van der Waals surface area contributed by atoms with E-state index in [0.717, 1.165) is 0 Å². The van der Waals surface area contributed by atoms with E-state index in [-0.39, 0.29) is 23.6 Å². The molecule has 1 aromatic heterocycles. The molecule has 20 heavy (non-hydrogen) atoms. The predicted molar refractivity (Wildman–Crippen MR) is 67.8 cm³/mol. The average Bonchev–Trinajstić information content (AvgIpc) is 2.85. The molecule has 0 unspecified atom stereocenters. The largest absolute Gasteiger partial charge is 0.485 e. The van der Waals surface area contributed by atoms with Crippen molar-refractivity contribution in [3.63, 3.8) is 0 Å². The van der Waals surface area contributed by atoms with Crippen molar-refractivity contribution in [2.75, 3.05) is 0 Å². The lowest BCUT2D eigenvalue weighted by Crippen LogP contribution is -2.03. The van der Waals surface area contributed by atoms with E-state index in [1.54, 1.807) is 13.0 Å². The predicted octanol–water partition coefficient (Wildman–Crippen LogP) is 2.77. The number of hydrogen-bond donors (Lipinski definition) is 1. The van der Waals surface area contributed by atoms with Crippen LogP contribution in [-0.2, 0) is 6.61 Å². The molecular weight excluding hydrogens is 266 g/mol. The topological polar surface area (TPSA) is 103 Å². The van der Waals surface area contributed by atoms with Gasteiger partial charge in [0.05, 0.1) is 16.7 Å². The summed E-state index contributed by atoms with van der Waals surface area (Å²) in [6, 6.07) is 5.77. The molecule has 0 aliphatic heterocycles. The van der Waals surface area contributed by atoms with Gasteiger partial charge in [0.1, 0.15) is 17.9 Å². The van der Waals surface area contributed by atoms with Gasteiger partial charge in [0.2, 0.25) is 0 Å². The molecule has 7 heteroatoms. The van der Waals surface area contributed by atoms with Gasteiger partial charge in [-0.05, 0) is 19.1 Å². The Bertz CT molecular complexity index is 661. The van der Waals surface area contributed by atoms with Crippen molar-refractivity contribution in [1.29, 1.82) is 0 Å². The minimum Gasteiger partial charge on any atom is -0.485 e. The fourth-order valence-corrected chi connectivity index (χ4v) is 1.74. The van der Waals surface area contributed by atoms with Gasteiger partial charge in [-0.2, -0.15) is 0 Å². The van der Waals surface area contributed by atoms with Crippen LogP contribution < -0.4 is 4.74 Å². The van der Waals surface area contributed by atoms with Crippen LogP contribution in [0, 0.1) is 17.0 Å². The monoisotopic (exact) mass is 277 g/mol. The molecule has 0 atom stereocenters. The zero-order valence-corrected chi connectivity index (χ0v) is 10.5. The molecule has 0 fully saturated rings. The molecule has 0 saturated carbocycles. The fraction of sp³-hybridized carbons (Fsp3) is 0.154. The van der Waals surface area contributed by atoms with Gasteiger partial charge in [0, 0.05) is 6.07 Å². The van der Waals surface area contributed by atoms with Crippen molar-refractivity contribution in [2.24, 2.45) is 0 Å². The van der Waals surface area contributed by atoms with E-state index in [4.69, 9.17) is 14.3 Å². The van der Waals surface area contributed by atoms with Gasteiger partial charge in [-0.1, -0.05) is 6.07 Å². The third-order valence-corrected chi connectivity index (χ3v) is 2.79. The van der Waals surface area contributed by atoms with Crippen molar-refractivity contribution in [1.82, 2.24) is 0 Å². The summed E-state index contributed by atoms with van der Waals surface area (Å²) < 4.78 is 10.4. The number of carboxylic acids is 1. The number of nitrogens with zero attached hydrogens (tertiary/aromatic N) is 1. The number of furan rings is 1. The van der Waals surface area contributed by atoms with Crippen LogP contribution in [-0.4, -0.2) is 16.0 Å². The third-order valence-electron chi connectivity index (χ3n) is 2.79. The zero-order chi connectivity index (χ0) is 14.7. The van der Waals surface area contributed by atoms with Crippen molar-refractivity contribution in [2.45, 2.75) is 13.5 Å². The Labute approximate surface area is 113 Å². The smallest absolute Gasteiger partial charge is 0.339 e. The summed E-state index contributed by atoms with van der Waals surface area (Å²) in [4.78, 5) is 21.2. The number of nitro benzene ring substituents is 1. The minimum absolute atomic E-state index is 0.00749. The Balaban J connectivity index is 2.19. The molecular formula is C13H11NO6. The Morgan fingerprint density at radius 2 is 2.20 bits per heavy atom. The van der Waals surface area contributed by atoms with E-state index in [1.807, 2.05) is 0 Å². The maximum atomic E-state index is 10.9. The number of aromatic carboxylic acids is 1. The first-order valence-corrected chi connectivity index (χ1v) is 5.67. The Kier molecular flexibility index (Phi) is 3.69. The lowest BCUT2D eigenvalue weighted by molar-refractivity contribution is -0.385. The molecule has 7 nitrogen and oxygen atoms in total. The van der Waals surface area contributed by atoms with Gasteiger partial charge in [0.15, 0.2) is 5.76 Å². The highest BCUT2D eigenvalue weighted by molar-refractivity contribution is 5.88. The Morgan fingerprint density at radius 3 is 2.85 bits per heavy atom. The first kappa shape index (κ1) is 13.6. The molecule has 2 rings (SSSR count). The summed E-state index contributed by atoms with van der Waals surface area (Å²) in [5.41, 5.74) is 0.328. The van der Waals surface area contributed by atoms with Gasteiger partial charge in [0.25, 0.3) is 5.69 Å². The lowest BCUT2D eigenvalue weighted by Gasteiger charge is -2.08. The number of rotatable bonds is 5. The summed E-state index contributed by atoms with van der Waals surface area (Å²) in [6.07, 6.45) is 1.25. The van der Waals surface area contributed by atoms with E-state index in [0.29, 0.717) is 11.3 Å². The summed E-state index contributed by atoms with van der Waals surface area (Å²) in [6.45, 7) is 1.45. The van der Waals surface area contributed by atoms with Crippen molar-refractivity contribution >= 4 is 11.7 Å². The van der Waals surface area contributed by atoms with Crippen LogP contribution in [0.5, 0.6) is 5.75 Å². The van der Waals surface area contributed by atoms with Gasteiger partial charge < -0.3 is 14.3 Å². The highest BCUT2D eigenvalue weighted by atomic mass is 16.6. The molecule has 1 heterocycles. The second-order valence-electron chi connectivity index (χ2n) is 4.01. The molecule has 0 bridgehead atoms. The van der Waals surface area contributed by atoms with Crippen LogP contribution in [0.3, 0.4) is 0 Å². The molecule has 0 aliphatic rings. The van der Waals surface area contributed by atoms with Crippen molar-refractivity contribution < 1.29 is 24.0 Å². The second kappa shape index (κ2) is 5.43. The van der Waals surface area contributed by atoms with Crippen LogP contribution in [0.25, 0.3) is 0 Å². The highest BCUT2D eigenvalue weighted by Crippen LogP contribution is 2.28. The number of carbonyl (C=O) groups is 1. The first-order valence-electron chi connectivity index (χ1n) is 5.67. The molecule has 0 aliphatic carbocycles.